The molecule has 32 heavy (non-hydrogen) atoms. The predicted octanol–water partition coefficient (Wildman–Crippen LogP) is 4.21. The summed E-state index contributed by atoms with van der Waals surface area (Å²) in [6.07, 6.45) is 0.224. The summed E-state index contributed by atoms with van der Waals surface area (Å²) in [6.45, 7) is 1.28. The Morgan fingerprint density at radius 2 is 1.69 bits per heavy atom. The zero-order valence-corrected chi connectivity index (χ0v) is 18.0. The second-order valence-electron chi connectivity index (χ2n) is 7.34. The van der Waals surface area contributed by atoms with Crippen LogP contribution in [-0.4, -0.2) is 30.7 Å². The van der Waals surface area contributed by atoms with Crippen LogP contribution in [0.1, 0.15) is 23.1 Å². The third kappa shape index (κ3) is 6.68. The van der Waals surface area contributed by atoms with Gasteiger partial charge in [0.15, 0.2) is 0 Å². The van der Waals surface area contributed by atoms with Gasteiger partial charge in [0.1, 0.15) is 12.4 Å². The molecule has 0 aliphatic heterocycles. The minimum Gasteiger partial charge on any atom is -0.496 e. The zero-order valence-electron chi connectivity index (χ0n) is 18.0. The number of methoxy groups -OCH3 is 1. The van der Waals surface area contributed by atoms with Crippen molar-refractivity contribution in [2.75, 3.05) is 13.7 Å². The van der Waals surface area contributed by atoms with Crippen molar-refractivity contribution in [1.82, 2.24) is 5.32 Å². The molecule has 0 bridgehead atoms. The van der Waals surface area contributed by atoms with E-state index in [4.69, 9.17) is 14.6 Å². The molecule has 2 N–H and O–H groups in total. The van der Waals surface area contributed by atoms with Gasteiger partial charge in [0, 0.05) is 18.7 Å². The molecule has 3 aromatic rings. The zero-order chi connectivity index (χ0) is 22.8. The Hall–Kier alpha value is -3.64. The maximum atomic E-state index is 12.0. The molecule has 0 saturated carbocycles. The number of carbonyl (C=O) groups is 2. The van der Waals surface area contributed by atoms with E-state index in [1.165, 1.54) is 0 Å². The number of hydrogen-bond donors (Lipinski definition) is 2. The minimum absolute atomic E-state index is 0.0400. The van der Waals surface area contributed by atoms with Crippen LogP contribution in [-0.2, 0) is 33.9 Å². The van der Waals surface area contributed by atoms with Crippen molar-refractivity contribution in [2.45, 2.75) is 26.0 Å². The summed E-state index contributed by atoms with van der Waals surface area (Å²) in [6, 6.07) is 22.8. The Kier molecular flexibility index (Phi) is 8.40. The fourth-order valence-electron chi connectivity index (χ4n) is 3.46. The Morgan fingerprint density at radius 3 is 2.44 bits per heavy atom. The first-order valence-corrected chi connectivity index (χ1v) is 10.4. The minimum atomic E-state index is -0.872. The maximum absolute atomic E-state index is 12.0. The lowest BCUT2D eigenvalue weighted by molar-refractivity contribution is -0.144. The van der Waals surface area contributed by atoms with Gasteiger partial charge in [-0.05, 0) is 28.3 Å². The number of carbonyl (C=O) groups excluding carboxylic acids is 1. The number of hydrogen-bond acceptors (Lipinski definition) is 5. The highest BCUT2D eigenvalue weighted by molar-refractivity contribution is 5.76. The molecule has 6 heteroatoms. The molecule has 0 amide bonds. The largest absolute Gasteiger partial charge is 0.496 e. The molecule has 0 aromatic heterocycles. The van der Waals surface area contributed by atoms with E-state index in [0.717, 1.165) is 27.8 Å². The van der Waals surface area contributed by atoms with Gasteiger partial charge < -0.3 is 19.9 Å². The van der Waals surface area contributed by atoms with Gasteiger partial charge in [-0.1, -0.05) is 66.7 Å². The molecule has 0 aliphatic rings. The van der Waals surface area contributed by atoms with Crippen LogP contribution in [0.2, 0.25) is 0 Å². The Bertz CT molecular complexity index is 1050. The molecule has 0 aliphatic carbocycles. The van der Waals surface area contributed by atoms with Crippen molar-refractivity contribution in [1.29, 1.82) is 0 Å². The van der Waals surface area contributed by atoms with Gasteiger partial charge in [0.05, 0.1) is 20.0 Å². The molecule has 0 fully saturated rings. The van der Waals surface area contributed by atoms with E-state index in [1.54, 1.807) is 13.2 Å². The molecule has 166 valence electrons. The highest BCUT2D eigenvalue weighted by atomic mass is 16.5. The molecule has 3 rings (SSSR count). The SMILES string of the molecule is COc1cccc(CNCCC(=O)OCc2ccccc2)c1-c1cccc(CC(=O)O)c1. The van der Waals surface area contributed by atoms with Crippen LogP contribution in [0.3, 0.4) is 0 Å². The summed E-state index contributed by atoms with van der Waals surface area (Å²) in [5, 5.41) is 12.4. The Morgan fingerprint density at radius 1 is 0.938 bits per heavy atom. The molecular weight excluding hydrogens is 406 g/mol. The number of carboxylic acid groups (broad SMARTS) is 1. The van der Waals surface area contributed by atoms with E-state index in [0.29, 0.717) is 18.8 Å². The average Bonchev–Trinajstić information content (AvgIpc) is 2.80. The molecule has 0 unspecified atom stereocenters. The fourth-order valence-corrected chi connectivity index (χ4v) is 3.46. The van der Waals surface area contributed by atoms with Crippen molar-refractivity contribution in [3.63, 3.8) is 0 Å². The molecule has 6 nitrogen and oxygen atoms in total. The van der Waals surface area contributed by atoms with Gasteiger partial charge in [-0.2, -0.15) is 0 Å². The molecule has 0 atom stereocenters. The van der Waals surface area contributed by atoms with Gasteiger partial charge in [0.25, 0.3) is 0 Å². The first kappa shape index (κ1) is 23.0. The lowest BCUT2D eigenvalue weighted by Gasteiger charge is -2.15. The second-order valence-corrected chi connectivity index (χ2v) is 7.34. The molecule has 0 saturated heterocycles. The van der Waals surface area contributed by atoms with Crippen LogP contribution < -0.4 is 10.1 Å². The van der Waals surface area contributed by atoms with Crippen molar-refractivity contribution in [2.24, 2.45) is 0 Å². The molecule has 0 heterocycles. The third-order valence-corrected chi connectivity index (χ3v) is 4.97. The van der Waals surface area contributed by atoms with Gasteiger partial charge >= 0.3 is 11.9 Å². The highest BCUT2D eigenvalue weighted by Gasteiger charge is 2.13. The van der Waals surface area contributed by atoms with Gasteiger partial charge in [-0.25, -0.2) is 0 Å². The molecule has 3 aromatic carbocycles. The maximum Gasteiger partial charge on any atom is 0.307 e. The molecule has 0 spiro atoms. The summed E-state index contributed by atoms with van der Waals surface area (Å²) in [4.78, 5) is 23.1. The van der Waals surface area contributed by atoms with Crippen molar-refractivity contribution in [3.05, 3.63) is 89.5 Å². The smallest absolute Gasteiger partial charge is 0.307 e. The summed E-state index contributed by atoms with van der Waals surface area (Å²) < 4.78 is 10.9. The van der Waals surface area contributed by atoms with E-state index in [1.807, 2.05) is 66.7 Å². The van der Waals surface area contributed by atoms with E-state index in [-0.39, 0.29) is 25.4 Å². The lowest BCUT2D eigenvalue weighted by atomic mass is 9.96. The average molecular weight is 434 g/mol. The van der Waals surface area contributed by atoms with Crippen LogP contribution in [0.5, 0.6) is 5.75 Å². The third-order valence-electron chi connectivity index (χ3n) is 4.97. The normalized spacial score (nSPS) is 10.5. The number of ether oxygens (including phenoxy) is 2. The first-order valence-electron chi connectivity index (χ1n) is 10.4. The second kappa shape index (κ2) is 11.7. The van der Waals surface area contributed by atoms with Gasteiger partial charge in [-0.15, -0.1) is 0 Å². The van der Waals surface area contributed by atoms with Crippen LogP contribution in [0.15, 0.2) is 72.8 Å². The lowest BCUT2D eigenvalue weighted by Crippen LogP contribution is -2.19. The number of benzene rings is 3. The summed E-state index contributed by atoms with van der Waals surface area (Å²) in [5.41, 5.74) is 4.47. The van der Waals surface area contributed by atoms with E-state index in [9.17, 15) is 9.59 Å². The highest BCUT2D eigenvalue weighted by Crippen LogP contribution is 2.34. The molecule has 0 radical (unpaired) electrons. The predicted molar refractivity (Wildman–Crippen MR) is 122 cm³/mol. The summed E-state index contributed by atoms with van der Waals surface area (Å²) in [7, 11) is 1.61. The number of aliphatic carboxylic acids is 1. The topological polar surface area (TPSA) is 84.9 Å². The Labute approximate surface area is 187 Å². The first-order chi connectivity index (χ1) is 15.6. The van der Waals surface area contributed by atoms with Crippen molar-refractivity contribution >= 4 is 11.9 Å². The van der Waals surface area contributed by atoms with Crippen LogP contribution >= 0.6 is 0 Å². The number of rotatable bonds is 11. The van der Waals surface area contributed by atoms with Crippen molar-refractivity contribution in [3.8, 4) is 16.9 Å². The number of esters is 1. The number of carboxylic acids is 1. The fraction of sp³-hybridized carbons (Fsp3) is 0.231. The monoisotopic (exact) mass is 433 g/mol. The van der Waals surface area contributed by atoms with Gasteiger partial charge in [0.2, 0.25) is 0 Å². The summed E-state index contributed by atoms with van der Waals surface area (Å²) in [5.74, 6) is -0.421. The Balaban J connectivity index is 1.61. The van der Waals surface area contributed by atoms with E-state index < -0.39 is 5.97 Å². The summed E-state index contributed by atoms with van der Waals surface area (Å²) >= 11 is 0. The van der Waals surface area contributed by atoms with Crippen LogP contribution in [0.25, 0.3) is 11.1 Å². The quantitative estimate of drug-likeness (QED) is 0.348. The van der Waals surface area contributed by atoms with Crippen LogP contribution in [0, 0.1) is 0 Å². The van der Waals surface area contributed by atoms with E-state index >= 15 is 0 Å². The molecular formula is C26H27NO5. The van der Waals surface area contributed by atoms with E-state index in [2.05, 4.69) is 5.32 Å². The van der Waals surface area contributed by atoms with Crippen LogP contribution in [0.4, 0.5) is 0 Å². The van der Waals surface area contributed by atoms with Gasteiger partial charge in [-0.3, -0.25) is 9.59 Å². The van der Waals surface area contributed by atoms with Crippen molar-refractivity contribution < 1.29 is 24.2 Å². The number of nitrogens with one attached hydrogen (secondary N) is 1. The standard InChI is InChI=1S/C26H27NO5/c1-31-23-12-6-11-22(26(23)21-10-5-9-20(15-21)16-24(28)29)17-27-14-13-25(30)32-18-19-7-3-2-4-8-19/h2-12,15,27H,13-14,16-18H2,1H3,(H,28,29).